The van der Waals surface area contributed by atoms with E-state index in [-0.39, 0.29) is 11.9 Å². The molecular weight excluding hydrogens is 276 g/mol. The van der Waals surface area contributed by atoms with Crippen LogP contribution in [0.1, 0.15) is 40.2 Å². The predicted molar refractivity (Wildman–Crippen MR) is 73.6 cm³/mol. The lowest BCUT2D eigenvalue weighted by molar-refractivity contribution is 0.0676. The molecule has 20 heavy (non-hydrogen) atoms. The van der Waals surface area contributed by atoms with Gasteiger partial charge in [0, 0.05) is 13.1 Å². The molecule has 7 nitrogen and oxygen atoms in total. The highest BCUT2D eigenvalue weighted by atomic mass is 32.1. The lowest BCUT2D eigenvalue weighted by atomic mass is 10.1. The van der Waals surface area contributed by atoms with Gasteiger partial charge in [0.1, 0.15) is 16.5 Å². The SMILES string of the molecule is Cc1nc(C)n([C@@H]2CCCN(C(=O)c3cnns3)C2)n1. The molecule has 1 fully saturated rings. The number of hydrogen-bond acceptors (Lipinski definition) is 6. The van der Waals surface area contributed by atoms with Gasteiger partial charge in [-0.05, 0) is 38.2 Å². The molecule has 1 atom stereocenters. The van der Waals surface area contributed by atoms with Crippen molar-refractivity contribution < 1.29 is 4.79 Å². The third kappa shape index (κ3) is 2.43. The Kier molecular flexibility index (Phi) is 3.47. The lowest BCUT2D eigenvalue weighted by Crippen LogP contribution is -2.41. The fourth-order valence-electron chi connectivity index (χ4n) is 2.64. The van der Waals surface area contributed by atoms with Crippen molar-refractivity contribution >= 4 is 17.4 Å². The molecule has 1 saturated heterocycles. The number of likely N-dealkylation sites (tertiary alicyclic amines) is 1. The van der Waals surface area contributed by atoms with Gasteiger partial charge in [0.2, 0.25) is 0 Å². The number of carbonyl (C=O) groups excluding carboxylic acids is 1. The Bertz CT molecular complexity index is 608. The first kappa shape index (κ1) is 13.2. The Labute approximate surface area is 120 Å². The van der Waals surface area contributed by atoms with Gasteiger partial charge in [-0.15, -0.1) is 5.10 Å². The molecule has 2 aromatic rings. The second kappa shape index (κ2) is 5.28. The van der Waals surface area contributed by atoms with Gasteiger partial charge in [0.25, 0.3) is 5.91 Å². The number of piperidine rings is 1. The van der Waals surface area contributed by atoms with Crippen LogP contribution in [0.2, 0.25) is 0 Å². The smallest absolute Gasteiger partial charge is 0.267 e. The number of nitrogens with zero attached hydrogens (tertiary/aromatic N) is 6. The maximum atomic E-state index is 12.3. The largest absolute Gasteiger partial charge is 0.336 e. The van der Waals surface area contributed by atoms with Crippen molar-refractivity contribution in [2.24, 2.45) is 0 Å². The Morgan fingerprint density at radius 1 is 1.45 bits per heavy atom. The molecule has 0 saturated carbocycles. The van der Waals surface area contributed by atoms with Crippen molar-refractivity contribution in [1.82, 2.24) is 29.3 Å². The highest BCUT2D eigenvalue weighted by Crippen LogP contribution is 2.23. The van der Waals surface area contributed by atoms with Gasteiger partial charge >= 0.3 is 0 Å². The normalized spacial score (nSPS) is 19.3. The maximum absolute atomic E-state index is 12.3. The fourth-order valence-corrected chi connectivity index (χ4v) is 3.12. The molecule has 0 aromatic carbocycles. The molecule has 0 bridgehead atoms. The molecule has 2 aromatic heterocycles. The summed E-state index contributed by atoms with van der Waals surface area (Å²) in [7, 11) is 0. The van der Waals surface area contributed by atoms with Gasteiger partial charge in [0.05, 0.1) is 12.2 Å². The summed E-state index contributed by atoms with van der Waals surface area (Å²) >= 11 is 1.14. The van der Waals surface area contributed by atoms with Crippen molar-refractivity contribution in [3.63, 3.8) is 0 Å². The molecule has 8 heteroatoms. The van der Waals surface area contributed by atoms with E-state index < -0.39 is 0 Å². The van der Waals surface area contributed by atoms with E-state index in [0.29, 0.717) is 11.4 Å². The van der Waals surface area contributed by atoms with Crippen molar-refractivity contribution in [2.75, 3.05) is 13.1 Å². The van der Waals surface area contributed by atoms with Crippen LogP contribution in [0.3, 0.4) is 0 Å². The molecule has 1 aliphatic heterocycles. The highest BCUT2D eigenvalue weighted by Gasteiger charge is 2.27. The summed E-state index contributed by atoms with van der Waals surface area (Å²) < 4.78 is 5.69. The number of amides is 1. The van der Waals surface area contributed by atoms with E-state index >= 15 is 0 Å². The quantitative estimate of drug-likeness (QED) is 0.832. The van der Waals surface area contributed by atoms with Crippen molar-refractivity contribution in [3.05, 3.63) is 22.7 Å². The minimum Gasteiger partial charge on any atom is -0.336 e. The number of aryl methyl sites for hydroxylation is 2. The van der Waals surface area contributed by atoms with E-state index in [2.05, 4.69) is 19.7 Å². The van der Waals surface area contributed by atoms with Gasteiger partial charge in [-0.1, -0.05) is 4.49 Å². The predicted octanol–water partition coefficient (Wildman–Crippen LogP) is 1.22. The summed E-state index contributed by atoms with van der Waals surface area (Å²) in [4.78, 5) is 19.1. The summed E-state index contributed by atoms with van der Waals surface area (Å²) in [6.45, 7) is 5.28. The van der Waals surface area contributed by atoms with E-state index in [1.165, 1.54) is 6.20 Å². The zero-order chi connectivity index (χ0) is 14.1. The van der Waals surface area contributed by atoms with Gasteiger partial charge in [-0.2, -0.15) is 5.10 Å². The summed E-state index contributed by atoms with van der Waals surface area (Å²) in [5.41, 5.74) is 0. The Morgan fingerprint density at radius 3 is 2.95 bits per heavy atom. The monoisotopic (exact) mass is 292 g/mol. The molecule has 1 amide bonds. The van der Waals surface area contributed by atoms with Crippen LogP contribution >= 0.6 is 11.5 Å². The molecule has 0 N–H and O–H groups in total. The Morgan fingerprint density at radius 2 is 2.30 bits per heavy atom. The highest BCUT2D eigenvalue weighted by molar-refractivity contribution is 7.07. The third-order valence-electron chi connectivity index (χ3n) is 3.51. The standard InChI is InChI=1S/C12H16N6OS/c1-8-14-9(2)18(15-8)10-4-3-5-17(7-10)12(19)11-6-13-16-20-11/h6,10H,3-5,7H2,1-2H3/t10-/m1/s1. The molecule has 0 radical (unpaired) electrons. The van der Waals surface area contributed by atoms with Crippen molar-refractivity contribution in [2.45, 2.75) is 32.7 Å². The summed E-state index contributed by atoms with van der Waals surface area (Å²) in [6, 6.07) is 0.204. The molecule has 0 spiro atoms. The van der Waals surface area contributed by atoms with E-state index in [1.807, 2.05) is 23.4 Å². The molecular formula is C12H16N6OS. The van der Waals surface area contributed by atoms with Gasteiger partial charge in [-0.3, -0.25) is 4.79 Å². The molecule has 3 heterocycles. The van der Waals surface area contributed by atoms with Gasteiger partial charge in [0.15, 0.2) is 0 Å². The molecule has 3 rings (SSSR count). The van der Waals surface area contributed by atoms with Crippen molar-refractivity contribution in [3.8, 4) is 0 Å². The van der Waals surface area contributed by atoms with Gasteiger partial charge in [-0.25, -0.2) is 9.67 Å². The second-order valence-electron chi connectivity index (χ2n) is 4.98. The van der Waals surface area contributed by atoms with Gasteiger partial charge < -0.3 is 4.90 Å². The second-order valence-corrected chi connectivity index (χ2v) is 5.77. The summed E-state index contributed by atoms with van der Waals surface area (Å²) in [5, 5.41) is 8.16. The lowest BCUT2D eigenvalue weighted by Gasteiger charge is -2.32. The van der Waals surface area contributed by atoms with E-state index in [0.717, 1.165) is 42.6 Å². The number of hydrogen-bond donors (Lipinski definition) is 0. The topological polar surface area (TPSA) is 76.8 Å². The first-order chi connectivity index (χ1) is 9.65. The van der Waals surface area contributed by atoms with E-state index in [4.69, 9.17) is 0 Å². The molecule has 1 aliphatic rings. The van der Waals surface area contributed by atoms with Crippen LogP contribution in [0, 0.1) is 13.8 Å². The van der Waals surface area contributed by atoms with E-state index in [9.17, 15) is 4.79 Å². The van der Waals surface area contributed by atoms with E-state index in [1.54, 1.807) is 0 Å². The maximum Gasteiger partial charge on any atom is 0.267 e. The fraction of sp³-hybridized carbons (Fsp3) is 0.583. The van der Waals surface area contributed by atoms with Crippen LogP contribution in [0.25, 0.3) is 0 Å². The van der Waals surface area contributed by atoms with Crippen LogP contribution in [-0.2, 0) is 0 Å². The average Bonchev–Trinajstić information content (AvgIpc) is 3.08. The zero-order valence-electron chi connectivity index (χ0n) is 11.5. The Balaban J connectivity index is 1.77. The van der Waals surface area contributed by atoms with Crippen LogP contribution in [0.15, 0.2) is 6.20 Å². The first-order valence-electron chi connectivity index (χ1n) is 6.61. The number of carbonyl (C=O) groups is 1. The first-order valence-corrected chi connectivity index (χ1v) is 7.39. The van der Waals surface area contributed by atoms with Crippen molar-refractivity contribution in [1.29, 1.82) is 0 Å². The molecule has 0 unspecified atom stereocenters. The Hall–Kier alpha value is -1.83. The zero-order valence-corrected chi connectivity index (χ0v) is 12.3. The number of rotatable bonds is 2. The van der Waals surface area contributed by atoms with Crippen LogP contribution < -0.4 is 0 Å². The molecule has 106 valence electrons. The summed E-state index contributed by atoms with van der Waals surface area (Å²) in [6.07, 6.45) is 3.52. The summed E-state index contributed by atoms with van der Waals surface area (Å²) in [5.74, 6) is 1.69. The third-order valence-corrected chi connectivity index (χ3v) is 4.16. The average molecular weight is 292 g/mol. The molecule has 0 aliphatic carbocycles. The minimum atomic E-state index is 0.0131. The minimum absolute atomic E-state index is 0.0131. The van der Waals surface area contributed by atoms with Crippen LogP contribution in [0.4, 0.5) is 0 Å². The van der Waals surface area contributed by atoms with Crippen LogP contribution in [-0.4, -0.2) is 48.2 Å². The van der Waals surface area contributed by atoms with Crippen LogP contribution in [0.5, 0.6) is 0 Å². The number of aromatic nitrogens is 5.